The van der Waals surface area contributed by atoms with E-state index in [9.17, 15) is 4.79 Å². The number of ether oxygens (including phenoxy) is 1. The predicted molar refractivity (Wildman–Crippen MR) is 120 cm³/mol. The standard InChI is InChI=1S/C26H31NO3/c1-18(8-9-20-6-4-3-5-7-20)30-24-12-13-25-19(2)22(11-10-21(25)14-24)15-27-16-23(17-27)26(28)29/h3-7,12-14,18,23H,8-11,15-17H2,1-2H3,(H,28,29). The second-order valence-electron chi connectivity index (χ2n) is 8.73. The lowest BCUT2D eigenvalue weighted by Gasteiger charge is -2.38. The highest BCUT2D eigenvalue weighted by Gasteiger charge is 2.33. The van der Waals surface area contributed by atoms with E-state index in [1.165, 1.54) is 27.8 Å². The summed E-state index contributed by atoms with van der Waals surface area (Å²) in [6.45, 7) is 6.58. The fourth-order valence-corrected chi connectivity index (χ4v) is 4.51. The summed E-state index contributed by atoms with van der Waals surface area (Å²) in [6, 6.07) is 17.0. The van der Waals surface area contributed by atoms with E-state index in [-0.39, 0.29) is 12.0 Å². The molecule has 0 radical (unpaired) electrons. The third kappa shape index (κ3) is 4.76. The number of carbonyl (C=O) groups is 1. The van der Waals surface area contributed by atoms with Crippen LogP contribution < -0.4 is 4.74 Å². The lowest BCUT2D eigenvalue weighted by molar-refractivity contribution is -0.147. The van der Waals surface area contributed by atoms with Crippen LogP contribution in [-0.2, 0) is 17.6 Å². The third-order valence-corrected chi connectivity index (χ3v) is 6.45. The molecule has 1 aliphatic heterocycles. The molecule has 4 rings (SSSR count). The summed E-state index contributed by atoms with van der Waals surface area (Å²) < 4.78 is 6.21. The van der Waals surface area contributed by atoms with Gasteiger partial charge in [-0.1, -0.05) is 42.0 Å². The van der Waals surface area contributed by atoms with Crippen LogP contribution in [0, 0.1) is 5.92 Å². The molecule has 0 bridgehead atoms. The van der Waals surface area contributed by atoms with Crippen LogP contribution in [0.25, 0.3) is 5.57 Å². The molecular weight excluding hydrogens is 374 g/mol. The molecule has 158 valence electrons. The van der Waals surface area contributed by atoms with Gasteiger partial charge in [-0.3, -0.25) is 9.69 Å². The Morgan fingerprint density at radius 2 is 1.93 bits per heavy atom. The molecule has 4 nitrogen and oxygen atoms in total. The van der Waals surface area contributed by atoms with Gasteiger partial charge in [0.2, 0.25) is 0 Å². The normalized spacial score (nSPS) is 17.9. The second-order valence-corrected chi connectivity index (χ2v) is 8.73. The highest BCUT2D eigenvalue weighted by Crippen LogP contribution is 2.34. The number of benzene rings is 2. The first-order chi connectivity index (χ1) is 14.5. The van der Waals surface area contributed by atoms with E-state index in [4.69, 9.17) is 9.84 Å². The molecular formula is C26H31NO3. The molecule has 2 aromatic rings. The smallest absolute Gasteiger partial charge is 0.309 e. The van der Waals surface area contributed by atoms with Gasteiger partial charge in [-0.25, -0.2) is 0 Å². The SMILES string of the molecule is CC1=C(CN2CC(C(=O)O)C2)CCc2cc(OC(C)CCc3ccccc3)ccc21. The molecule has 1 atom stereocenters. The maximum absolute atomic E-state index is 11.0. The summed E-state index contributed by atoms with van der Waals surface area (Å²) in [5.74, 6) is 0.0967. The van der Waals surface area contributed by atoms with Crippen molar-refractivity contribution in [3.8, 4) is 5.75 Å². The van der Waals surface area contributed by atoms with Gasteiger partial charge in [0.25, 0.3) is 0 Å². The molecule has 1 heterocycles. The number of aliphatic carboxylic acids is 1. The van der Waals surface area contributed by atoms with Crippen LogP contribution in [0.15, 0.2) is 54.1 Å². The van der Waals surface area contributed by atoms with E-state index in [2.05, 4.69) is 67.3 Å². The third-order valence-electron chi connectivity index (χ3n) is 6.45. The first kappa shape index (κ1) is 20.7. The zero-order chi connectivity index (χ0) is 21.1. The average molecular weight is 406 g/mol. The van der Waals surface area contributed by atoms with E-state index in [1.807, 2.05) is 0 Å². The number of carboxylic acids is 1. The zero-order valence-corrected chi connectivity index (χ0v) is 17.9. The van der Waals surface area contributed by atoms with Crippen LogP contribution in [-0.4, -0.2) is 41.7 Å². The predicted octanol–water partition coefficient (Wildman–Crippen LogP) is 4.82. The zero-order valence-electron chi connectivity index (χ0n) is 17.9. The summed E-state index contributed by atoms with van der Waals surface area (Å²) in [6.07, 6.45) is 4.26. The largest absolute Gasteiger partial charge is 0.491 e. The minimum atomic E-state index is -0.670. The van der Waals surface area contributed by atoms with Crippen LogP contribution in [0.4, 0.5) is 0 Å². The number of carboxylic acid groups (broad SMARTS) is 1. The Morgan fingerprint density at radius 1 is 1.17 bits per heavy atom. The van der Waals surface area contributed by atoms with Crippen LogP contribution in [0.2, 0.25) is 0 Å². The minimum absolute atomic E-state index is 0.174. The molecule has 0 spiro atoms. The molecule has 2 aliphatic rings. The Labute approximate surface area is 179 Å². The maximum atomic E-state index is 11.0. The summed E-state index contributed by atoms with van der Waals surface area (Å²) in [5.41, 5.74) is 6.81. The minimum Gasteiger partial charge on any atom is -0.491 e. The molecule has 30 heavy (non-hydrogen) atoms. The number of nitrogens with zero attached hydrogens (tertiary/aromatic N) is 1. The first-order valence-corrected chi connectivity index (χ1v) is 11.0. The molecule has 0 amide bonds. The van der Waals surface area contributed by atoms with Gasteiger partial charge in [0.15, 0.2) is 0 Å². The van der Waals surface area contributed by atoms with Crippen LogP contribution >= 0.6 is 0 Å². The Kier molecular flexibility index (Phi) is 6.24. The molecule has 1 aliphatic carbocycles. The maximum Gasteiger partial charge on any atom is 0.309 e. The van der Waals surface area contributed by atoms with Gasteiger partial charge in [0, 0.05) is 19.6 Å². The molecule has 0 saturated carbocycles. The van der Waals surface area contributed by atoms with E-state index in [0.717, 1.165) is 38.0 Å². The van der Waals surface area contributed by atoms with Crippen molar-refractivity contribution in [2.75, 3.05) is 19.6 Å². The van der Waals surface area contributed by atoms with Gasteiger partial charge in [0.05, 0.1) is 12.0 Å². The van der Waals surface area contributed by atoms with Gasteiger partial charge >= 0.3 is 5.97 Å². The van der Waals surface area contributed by atoms with Crippen LogP contribution in [0.1, 0.15) is 43.4 Å². The summed E-state index contributed by atoms with van der Waals surface area (Å²) in [4.78, 5) is 13.3. The summed E-state index contributed by atoms with van der Waals surface area (Å²) in [7, 11) is 0. The second kappa shape index (κ2) is 9.05. The molecule has 1 fully saturated rings. The van der Waals surface area contributed by atoms with Gasteiger partial charge in [-0.15, -0.1) is 0 Å². The van der Waals surface area contributed by atoms with E-state index >= 15 is 0 Å². The number of aryl methyl sites for hydroxylation is 2. The molecule has 2 aromatic carbocycles. The molecule has 4 heteroatoms. The summed E-state index contributed by atoms with van der Waals surface area (Å²) in [5, 5.41) is 9.07. The molecule has 1 saturated heterocycles. The van der Waals surface area contributed by atoms with Crippen molar-refractivity contribution in [1.29, 1.82) is 0 Å². The van der Waals surface area contributed by atoms with E-state index < -0.39 is 5.97 Å². The average Bonchev–Trinajstić information content (AvgIpc) is 2.71. The number of rotatable bonds is 8. The molecule has 0 aromatic heterocycles. The van der Waals surface area contributed by atoms with Crippen LogP contribution in [0.5, 0.6) is 5.75 Å². The van der Waals surface area contributed by atoms with Crippen molar-refractivity contribution in [1.82, 2.24) is 4.90 Å². The number of hydrogen-bond acceptors (Lipinski definition) is 3. The Bertz CT molecular complexity index is 929. The number of allylic oxidation sites excluding steroid dienone is 1. The van der Waals surface area contributed by atoms with Gasteiger partial charge < -0.3 is 9.84 Å². The van der Waals surface area contributed by atoms with Crippen LogP contribution in [0.3, 0.4) is 0 Å². The fraction of sp³-hybridized carbons (Fsp3) is 0.423. The van der Waals surface area contributed by atoms with E-state index in [1.54, 1.807) is 0 Å². The van der Waals surface area contributed by atoms with Crippen molar-refractivity contribution in [3.63, 3.8) is 0 Å². The van der Waals surface area contributed by atoms with Gasteiger partial charge in [-0.2, -0.15) is 0 Å². The van der Waals surface area contributed by atoms with Gasteiger partial charge in [0.1, 0.15) is 5.75 Å². The molecule has 1 unspecified atom stereocenters. The quantitative estimate of drug-likeness (QED) is 0.684. The van der Waals surface area contributed by atoms with E-state index in [0.29, 0.717) is 13.1 Å². The molecule has 1 N–H and O–H groups in total. The number of fused-ring (bicyclic) bond motifs is 1. The first-order valence-electron chi connectivity index (χ1n) is 11.0. The van der Waals surface area contributed by atoms with Crippen molar-refractivity contribution in [2.45, 2.75) is 45.6 Å². The highest BCUT2D eigenvalue weighted by molar-refractivity contribution is 5.73. The van der Waals surface area contributed by atoms with Crippen molar-refractivity contribution >= 4 is 11.5 Å². The lowest BCUT2D eigenvalue weighted by atomic mass is 9.85. The Morgan fingerprint density at radius 3 is 2.67 bits per heavy atom. The summed E-state index contributed by atoms with van der Waals surface area (Å²) >= 11 is 0. The Hall–Kier alpha value is -2.59. The van der Waals surface area contributed by atoms with Crippen molar-refractivity contribution in [3.05, 3.63) is 70.8 Å². The van der Waals surface area contributed by atoms with Crippen molar-refractivity contribution < 1.29 is 14.6 Å². The number of hydrogen-bond donors (Lipinski definition) is 1. The van der Waals surface area contributed by atoms with Gasteiger partial charge in [-0.05, 0) is 73.9 Å². The highest BCUT2D eigenvalue weighted by atomic mass is 16.5. The fourth-order valence-electron chi connectivity index (χ4n) is 4.51. The lowest BCUT2D eigenvalue weighted by Crippen LogP contribution is -2.50. The topological polar surface area (TPSA) is 49.8 Å². The number of likely N-dealkylation sites (tertiary alicyclic amines) is 1. The monoisotopic (exact) mass is 405 g/mol. The van der Waals surface area contributed by atoms with Crippen molar-refractivity contribution in [2.24, 2.45) is 5.92 Å². The Balaban J connectivity index is 1.35.